The topological polar surface area (TPSA) is 37.3 Å². The van der Waals surface area contributed by atoms with Gasteiger partial charge in [-0.2, -0.15) is 13.2 Å². The van der Waals surface area contributed by atoms with Crippen LogP contribution in [0, 0.1) is 40.9 Å². The van der Waals surface area contributed by atoms with Crippen molar-refractivity contribution in [2.45, 2.75) is 88.2 Å². The number of fused-ring (bicyclic) bond motifs is 5. The van der Waals surface area contributed by atoms with Crippen LogP contribution in [0.1, 0.15) is 71.6 Å². The molecule has 0 amide bonds. The molecule has 4 fully saturated rings. The van der Waals surface area contributed by atoms with Gasteiger partial charge >= 0.3 is 6.18 Å². The first-order valence-corrected chi connectivity index (χ1v) is 11.9. The molecule has 0 radical (unpaired) electrons. The van der Waals surface area contributed by atoms with Gasteiger partial charge in [-0.3, -0.25) is 4.79 Å². The Kier molecular flexibility index (Phi) is 5.26. The summed E-state index contributed by atoms with van der Waals surface area (Å²) in [7, 11) is 0. The molecule has 6 heteroatoms. The third kappa shape index (κ3) is 3.11. The number of ketones is 1. The molecule has 0 bridgehead atoms. The first-order valence-electron chi connectivity index (χ1n) is 10.9. The molecule has 2 nitrogen and oxygen atoms in total. The van der Waals surface area contributed by atoms with Gasteiger partial charge in [-0.15, -0.1) is 0 Å². The number of carbonyl (C=O) groups excluding carboxylic acids is 1. The maximum Gasteiger partial charge on any atom is 0.417 e. The van der Waals surface area contributed by atoms with Crippen LogP contribution in [0.5, 0.6) is 0 Å². The summed E-state index contributed by atoms with van der Waals surface area (Å²) in [5, 5.41) is 10.2. The second-order valence-electron chi connectivity index (χ2n) is 10.4. The highest BCUT2D eigenvalue weighted by atomic mass is 79.9. The van der Waals surface area contributed by atoms with Crippen molar-refractivity contribution in [1.29, 1.82) is 0 Å². The summed E-state index contributed by atoms with van der Waals surface area (Å²) in [6, 6.07) is 0. The second kappa shape index (κ2) is 6.96. The van der Waals surface area contributed by atoms with Gasteiger partial charge in [0.2, 0.25) is 0 Å². The lowest BCUT2D eigenvalue weighted by Gasteiger charge is -2.57. The van der Waals surface area contributed by atoms with E-state index in [4.69, 9.17) is 0 Å². The Labute approximate surface area is 174 Å². The zero-order chi connectivity index (χ0) is 20.5. The predicted molar refractivity (Wildman–Crippen MR) is 105 cm³/mol. The Bertz CT molecular complexity index is 636. The molecule has 0 unspecified atom stereocenters. The Morgan fingerprint density at radius 2 is 1.71 bits per heavy atom. The molecule has 0 saturated heterocycles. The standard InChI is InChI=1S/C22H32BrF3O2/c1-12(23)19(27)18-6-5-17-16-4-3-13-11-21(28,22(24,25)26)10-8-14(13)15(16)7-9-20(17,18)2/h12-18,28H,3-11H2,1-2H3/t12-,13+,14-,15+,16+,17-,18+,20-,21+/m0/s1. The predicted octanol–water partition coefficient (Wildman–Crippen LogP) is 5.90. The van der Waals surface area contributed by atoms with Crippen molar-refractivity contribution in [3.8, 4) is 0 Å². The number of halogens is 4. The second-order valence-corrected chi connectivity index (χ2v) is 11.8. The van der Waals surface area contributed by atoms with E-state index in [0.29, 0.717) is 35.9 Å². The molecule has 0 heterocycles. The lowest BCUT2D eigenvalue weighted by Crippen LogP contribution is -2.55. The number of hydrogen-bond donors (Lipinski definition) is 1. The number of carbonyl (C=O) groups is 1. The third-order valence-corrected chi connectivity index (χ3v) is 9.72. The molecule has 28 heavy (non-hydrogen) atoms. The molecule has 0 aliphatic heterocycles. The normalized spacial score (nSPS) is 49.7. The maximum absolute atomic E-state index is 13.3. The highest BCUT2D eigenvalue weighted by molar-refractivity contribution is 9.10. The van der Waals surface area contributed by atoms with Gasteiger partial charge in [-0.25, -0.2) is 0 Å². The maximum atomic E-state index is 13.3. The summed E-state index contributed by atoms with van der Waals surface area (Å²) in [5.74, 6) is 2.29. The summed E-state index contributed by atoms with van der Waals surface area (Å²) in [4.78, 5) is 12.7. The molecular weight excluding hydrogens is 433 g/mol. The van der Waals surface area contributed by atoms with Crippen LogP contribution in [0.4, 0.5) is 13.2 Å². The quantitative estimate of drug-likeness (QED) is 0.516. The average molecular weight is 465 g/mol. The smallest absolute Gasteiger partial charge is 0.380 e. The van der Waals surface area contributed by atoms with E-state index in [1.165, 1.54) is 0 Å². The summed E-state index contributed by atoms with van der Waals surface area (Å²) < 4.78 is 40.0. The number of alkyl halides is 4. The van der Waals surface area contributed by atoms with Crippen molar-refractivity contribution in [2.24, 2.45) is 40.9 Å². The van der Waals surface area contributed by atoms with Crippen LogP contribution < -0.4 is 0 Å². The van der Waals surface area contributed by atoms with E-state index in [9.17, 15) is 23.1 Å². The Morgan fingerprint density at radius 1 is 1.04 bits per heavy atom. The van der Waals surface area contributed by atoms with Crippen LogP contribution in [-0.2, 0) is 4.79 Å². The molecule has 0 aromatic heterocycles. The molecule has 4 saturated carbocycles. The van der Waals surface area contributed by atoms with Gasteiger partial charge in [0.15, 0.2) is 5.60 Å². The van der Waals surface area contributed by atoms with Crippen LogP contribution in [0.3, 0.4) is 0 Å². The van der Waals surface area contributed by atoms with Crippen molar-refractivity contribution in [2.75, 3.05) is 0 Å². The Hall–Kier alpha value is -0.100. The molecule has 4 aliphatic carbocycles. The van der Waals surface area contributed by atoms with Crippen molar-refractivity contribution < 1.29 is 23.1 Å². The summed E-state index contributed by atoms with van der Waals surface area (Å²) in [6.07, 6.45) is 1.55. The Balaban J connectivity index is 1.52. The summed E-state index contributed by atoms with van der Waals surface area (Å²) in [5.41, 5.74) is -2.43. The molecule has 0 aromatic carbocycles. The van der Waals surface area contributed by atoms with Gasteiger partial charge in [0.05, 0.1) is 4.83 Å². The zero-order valence-corrected chi connectivity index (χ0v) is 18.4. The molecule has 0 aromatic rings. The summed E-state index contributed by atoms with van der Waals surface area (Å²) >= 11 is 3.47. The van der Waals surface area contributed by atoms with Gasteiger partial charge in [0, 0.05) is 5.92 Å². The minimum absolute atomic E-state index is 0.00706. The first kappa shape index (κ1) is 21.1. The largest absolute Gasteiger partial charge is 0.417 e. The number of rotatable bonds is 2. The van der Waals surface area contributed by atoms with E-state index in [0.717, 1.165) is 38.5 Å². The molecular formula is C22H32BrF3O2. The minimum Gasteiger partial charge on any atom is -0.380 e. The zero-order valence-electron chi connectivity index (χ0n) is 16.8. The van der Waals surface area contributed by atoms with Gasteiger partial charge in [-0.05, 0) is 99.7 Å². The van der Waals surface area contributed by atoms with Crippen molar-refractivity contribution >= 4 is 21.7 Å². The minimum atomic E-state index is -4.52. The lowest BCUT2D eigenvalue weighted by atomic mass is 9.48. The molecule has 4 aliphatic rings. The fourth-order valence-corrected chi connectivity index (χ4v) is 8.20. The Morgan fingerprint density at radius 3 is 2.36 bits per heavy atom. The van der Waals surface area contributed by atoms with E-state index < -0.39 is 11.8 Å². The summed E-state index contributed by atoms with van der Waals surface area (Å²) in [6.45, 7) is 4.22. The molecule has 160 valence electrons. The van der Waals surface area contributed by atoms with E-state index in [-0.39, 0.29) is 34.9 Å². The third-order valence-electron chi connectivity index (χ3n) is 9.27. The average Bonchev–Trinajstić information content (AvgIpc) is 2.96. The van der Waals surface area contributed by atoms with Crippen LogP contribution in [0.15, 0.2) is 0 Å². The fourth-order valence-electron chi connectivity index (χ4n) is 7.88. The molecule has 9 atom stereocenters. The van der Waals surface area contributed by atoms with E-state index >= 15 is 0 Å². The van der Waals surface area contributed by atoms with Gasteiger partial charge in [0.1, 0.15) is 5.78 Å². The number of aliphatic hydroxyl groups is 1. The highest BCUT2D eigenvalue weighted by Crippen LogP contribution is 2.65. The number of hydrogen-bond acceptors (Lipinski definition) is 2. The molecule has 1 N–H and O–H groups in total. The van der Waals surface area contributed by atoms with Gasteiger partial charge < -0.3 is 5.11 Å². The molecule has 4 rings (SSSR count). The first-order chi connectivity index (χ1) is 13.0. The van der Waals surface area contributed by atoms with E-state index in [2.05, 4.69) is 22.9 Å². The number of Topliss-reactive ketones (excluding diaryl/α,β-unsaturated/α-hetero) is 1. The monoisotopic (exact) mass is 464 g/mol. The van der Waals surface area contributed by atoms with E-state index in [1.807, 2.05) is 6.92 Å². The highest BCUT2D eigenvalue weighted by Gasteiger charge is 2.62. The van der Waals surface area contributed by atoms with Crippen LogP contribution in [0.2, 0.25) is 0 Å². The van der Waals surface area contributed by atoms with Crippen LogP contribution in [-0.4, -0.2) is 27.5 Å². The van der Waals surface area contributed by atoms with Gasteiger partial charge in [0.25, 0.3) is 0 Å². The van der Waals surface area contributed by atoms with Crippen molar-refractivity contribution in [1.82, 2.24) is 0 Å². The van der Waals surface area contributed by atoms with Crippen LogP contribution >= 0.6 is 15.9 Å². The van der Waals surface area contributed by atoms with Crippen LogP contribution in [0.25, 0.3) is 0 Å². The lowest BCUT2D eigenvalue weighted by molar-refractivity contribution is -0.282. The molecule has 0 spiro atoms. The fraction of sp³-hybridized carbons (Fsp3) is 0.955. The van der Waals surface area contributed by atoms with E-state index in [1.54, 1.807) is 0 Å². The SMILES string of the molecule is C[C@H](Br)C(=O)[C@H]1CC[C@H]2[C@@H]3CC[C@@H]4C[C@@](O)(C(F)(F)F)CC[C@@H]4[C@H]3CC[C@]12C. The van der Waals surface area contributed by atoms with Gasteiger partial charge in [-0.1, -0.05) is 22.9 Å². The van der Waals surface area contributed by atoms with Crippen molar-refractivity contribution in [3.63, 3.8) is 0 Å². The van der Waals surface area contributed by atoms with Crippen molar-refractivity contribution in [3.05, 3.63) is 0 Å².